The third kappa shape index (κ3) is 2.59. The van der Waals surface area contributed by atoms with Gasteiger partial charge in [0.15, 0.2) is 0 Å². The number of aliphatic hydroxyl groups is 1. The van der Waals surface area contributed by atoms with Crippen LogP contribution in [-0.4, -0.2) is 23.8 Å². The Kier molecular flexibility index (Phi) is 4.46. The number of aliphatic hydroxyl groups excluding tert-OH is 1. The maximum atomic E-state index is 12.2. The standard InChI is InChI=1S/C22H36O3/c1-4-25-20(24)14-9-11-21(2)15(13-14)5-6-16-17-7-8-19(23)22(17,3)12-10-18(16)21/h14-19,23H,4-13H2,1-3H3/t14-,15-,16+,17+,18+,19+,21-,22+/m0/s1. The van der Waals surface area contributed by atoms with E-state index in [2.05, 4.69) is 13.8 Å². The number of carbonyl (C=O) groups excluding carboxylic acids is 1. The second kappa shape index (κ2) is 6.25. The van der Waals surface area contributed by atoms with Crippen LogP contribution in [0.4, 0.5) is 0 Å². The quantitative estimate of drug-likeness (QED) is 0.744. The van der Waals surface area contributed by atoms with Crippen LogP contribution in [0.15, 0.2) is 0 Å². The molecule has 0 aromatic carbocycles. The Hall–Kier alpha value is -0.570. The first-order valence-electron chi connectivity index (χ1n) is 10.7. The Balaban J connectivity index is 1.52. The van der Waals surface area contributed by atoms with Crippen molar-refractivity contribution in [2.75, 3.05) is 6.61 Å². The predicted molar refractivity (Wildman–Crippen MR) is 97.9 cm³/mol. The lowest BCUT2D eigenvalue weighted by Crippen LogP contribution is -2.54. The Morgan fingerprint density at radius 3 is 2.48 bits per heavy atom. The van der Waals surface area contributed by atoms with Crippen molar-refractivity contribution in [1.29, 1.82) is 0 Å². The van der Waals surface area contributed by atoms with Gasteiger partial charge in [-0.2, -0.15) is 0 Å². The summed E-state index contributed by atoms with van der Waals surface area (Å²) in [4.78, 5) is 12.2. The second-order valence-corrected chi connectivity index (χ2v) is 10.0. The van der Waals surface area contributed by atoms with Crippen molar-refractivity contribution in [1.82, 2.24) is 0 Å². The molecule has 1 N–H and O–H groups in total. The lowest BCUT2D eigenvalue weighted by molar-refractivity contribution is -0.158. The topological polar surface area (TPSA) is 46.5 Å². The molecule has 0 amide bonds. The monoisotopic (exact) mass is 348 g/mol. The smallest absolute Gasteiger partial charge is 0.308 e. The van der Waals surface area contributed by atoms with Gasteiger partial charge in [0, 0.05) is 0 Å². The molecule has 4 saturated carbocycles. The fourth-order valence-electron chi connectivity index (χ4n) is 7.70. The lowest BCUT2D eigenvalue weighted by Gasteiger charge is -2.60. The molecule has 0 bridgehead atoms. The van der Waals surface area contributed by atoms with E-state index in [0.29, 0.717) is 17.9 Å². The van der Waals surface area contributed by atoms with Crippen LogP contribution < -0.4 is 0 Å². The first-order chi connectivity index (χ1) is 11.9. The van der Waals surface area contributed by atoms with Gasteiger partial charge in [-0.05, 0) is 99.2 Å². The number of fused-ring (bicyclic) bond motifs is 5. The second-order valence-electron chi connectivity index (χ2n) is 10.0. The third-order valence-electron chi connectivity index (χ3n) is 9.24. The van der Waals surface area contributed by atoms with Gasteiger partial charge in [-0.1, -0.05) is 13.8 Å². The molecule has 3 heteroatoms. The van der Waals surface area contributed by atoms with Crippen LogP contribution in [-0.2, 0) is 9.53 Å². The van der Waals surface area contributed by atoms with Gasteiger partial charge in [-0.25, -0.2) is 0 Å². The lowest BCUT2D eigenvalue weighted by atomic mass is 9.44. The molecule has 0 heterocycles. The molecule has 4 aliphatic carbocycles. The van der Waals surface area contributed by atoms with Crippen molar-refractivity contribution in [3.8, 4) is 0 Å². The average molecular weight is 349 g/mol. The van der Waals surface area contributed by atoms with Gasteiger partial charge in [-0.15, -0.1) is 0 Å². The normalized spacial score (nSPS) is 52.0. The molecule has 0 unspecified atom stereocenters. The Bertz CT molecular complexity index is 531. The van der Waals surface area contributed by atoms with Gasteiger partial charge in [0.1, 0.15) is 0 Å². The number of rotatable bonds is 2. The van der Waals surface area contributed by atoms with Crippen LogP contribution in [0.25, 0.3) is 0 Å². The van der Waals surface area contributed by atoms with Crippen LogP contribution in [0.5, 0.6) is 0 Å². The van der Waals surface area contributed by atoms with E-state index in [9.17, 15) is 9.90 Å². The summed E-state index contributed by atoms with van der Waals surface area (Å²) in [6.07, 6.45) is 10.5. The molecule has 0 aromatic heterocycles. The summed E-state index contributed by atoms with van der Waals surface area (Å²) in [5.74, 6) is 3.20. The molecule has 8 atom stereocenters. The molecule has 0 aliphatic heterocycles. The third-order valence-corrected chi connectivity index (χ3v) is 9.24. The molecule has 25 heavy (non-hydrogen) atoms. The minimum absolute atomic E-state index is 0.0433. The van der Waals surface area contributed by atoms with Crippen LogP contribution in [0, 0.1) is 40.4 Å². The summed E-state index contributed by atoms with van der Waals surface area (Å²) in [7, 11) is 0. The Morgan fingerprint density at radius 1 is 1.00 bits per heavy atom. The summed E-state index contributed by atoms with van der Waals surface area (Å²) >= 11 is 0. The van der Waals surface area contributed by atoms with Crippen molar-refractivity contribution in [3.05, 3.63) is 0 Å². The van der Waals surface area contributed by atoms with Crippen molar-refractivity contribution in [2.45, 2.75) is 84.7 Å². The van der Waals surface area contributed by atoms with E-state index in [1.165, 1.54) is 38.5 Å². The summed E-state index contributed by atoms with van der Waals surface area (Å²) in [5, 5.41) is 10.6. The van der Waals surface area contributed by atoms with Crippen LogP contribution in [0.1, 0.15) is 78.6 Å². The summed E-state index contributed by atoms with van der Waals surface area (Å²) < 4.78 is 5.32. The number of carbonyl (C=O) groups is 1. The minimum Gasteiger partial charge on any atom is -0.466 e. The van der Waals surface area contributed by atoms with E-state index in [4.69, 9.17) is 4.74 Å². The molecular weight excluding hydrogens is 312 g/mol. The molecule has 0 spiro atoms. The van der Waals surface area contributed by atoms with Gasteiger partial charge < -0.3 is 9.84 Å². The highest BCUT2D eigenvalue weighted by Gasteiger charge is 2.60. The van der Waals surface area contributed by atoms with E-state index in [1.54, 1.807) is 0 Å². The first-order valence-corrected chi connectivity index (χ1v) is 10.7. The molecular formula is C22H36O3. The maximum Gasteiger partial charge on any atom is 0.308 e. The van der Waals surface area contributed by atoms with Crippen molar-refractivity contribution >= 4 is 5.97 Å². The molecule has 4 aliphatic rings. The zero-order valence-corrected chi connectivity index (χ0v) is 16.3. The van der Waals surface area contributed by atoms with Crippen molar-refractivity contribution in [2.24, 2.45) is 40.4 Å². The number of hydrogen-bond acceptors (Lipinski definition) is 3. The van der Waals surface area contributed by atoms with E-state index in [0.717, 1.165) is 37.0 Å². The molecule has 0 radical (unpaired) electrons. The molecule has 0 aromatic rings. The SMILES string of the molecule is CCOC(=O)[C@H]1CC[C@@]2(C)[C@@H](CC[C@H]3[C@H]2CC[C@@]2(C)[C@H](O)CC[C@H]32)C1. The minimum atomic E-state index is -0.0801. The highest BCUT2D eigenvalue weighted by Crippen LogP contribution is 2.66. The number of ether oxygens (including phenoxy) is 1. The van der Waals surface area contributed by atoms with Crippen LogP contribution >= 0.6 is 0 Å². The van der Waals surface area contributed by atoms with E-state index >= 15 is 0 Å². The van der Waals surface area contributed by atoms with E-state index < -0.39 is 0 Å². The zero-order chi connectivity index (χ0) is 17.8. The molecule has 4 fully saturated rings. The summed E-state index contributed by atoms with van der Waals surface area (Å²) in [5.41, 5.74) is 0.577. The molecule has 3 nitrogen and oxygen atoms in total. The zero-order valence-electron chi connectivity index (χ0n) is 16.3. The summed E-state index contributed by atoms with van der Waals surface area (Å²) in [6.45, 7) is 7.30. The van der Waals surface area contributed by atoms with Gasteiger partial charge >= 0.3 is 5.97 Å². The highest BCUT2D eigenvalue weighted by molar-refractivity contribution is 5.72. The van der Waals surface area contributed by atoms with E-state index in [1.807, 2.05) is 6.92 Å². The fourth-order valence-corrected chi connectivity index (χ4v) is 7.70. The maximum absolute atomic E-state index is 12.2. The summed E-state index contributed by atoms with van der Waals surface area (Å²) in [6, 6.07) is 0. The predicted octanol–water partition coefficient (Wildman–Crippen LogP) is 4.57. The van der Waals surface area contributed by atoms with Crippen molar-refractivity contribution in [3.63, 3.8) is 0 Å². The largest absolute Gasteiger partial charge is 0.466 e. The van der Waals surface area contributed by atoms with Gasteiger partial charge in [-0.3, -0.25) is 4.79 Å². The van der Waals surface area contributed by atoms with Crippen molar-refractivity contribution < 1.29 is 14.6 Å². The van der Waals surface area contributed by atoms with Gasteiger partial charge in [0.25, 0.3) is 0 Å². The number of esters is 1. The molecule has 142 valence electrons. The van der Waals surface area contributed by atoms with Crippen LogP contribution in [0.3, 0.4) is 0 Å². The van der Waals surface area contributed by atoms with E-state index in [-0.39, 0.29) is 23.4 Å². The molecule has 0 saturated heterocycles. The first kappa shape index (κ1) is 17.8. The highest BCUT2D eigenvalue weighted by atomic mass is 16.5. The van der Waals surface area contributed by atoms with Crippen LogP contribution in [0.2, 0.25) is 0 Å². The Morgan fingerprint density at radius 2 is 1.72 bits per heavy atom. The average Bonchev–Trinajstić information content (AvgIpc) is 2.89. The van der Waals surface area contributed by atoms with Gasteiger partial charge in [0.2, 0.25) is 0 Å². The molecule has 4 rings (SSSR count). The van der Waals surface area contributed by atoms with Gasteiger partial charge in [0.05, 0.1) is 18.6 Å². The Labute approximate surface area is 152 Å². The number of hydrogen-bond donors (Lipinski definition) is 1. The fraction of sp³-hybridized carbons (Fsp3) is 0.955.